The maximum Gasteiger partial charge on any atom is 0.412 e. The Morgan fingerprint density at radius 2 is 1.80 bits per heavy atom. The highest BCUT2D eigenvalue weighted by atomic mass is 35.5. The SMILES string of the molecule is C=C(CCC(=O)N1CC2(CCCCN(c3nc(OCC45CCCN4CCC5)nc4c(F)c(-c5ccc(F)c6sc(N)c(C#N)c56)c(Cl)cc34)C2)C1)C(F)(F)F. The van der Waals surface area contributed by atoms with Gasteiger partial charge in [0.15, 0.2) is 5.82 Å². The fourth-order valence-electron chi connectivity index (χ4n) is 9.18. The van der Waals surface area contributed by atoms with E-state index < -0.39 is 29.8 Å². The minimum atomic E-state index is -4.54. The largest absolute Gasteiger partial charge is 0.461 e. The van der Waals surface area contributed by atoms with Crippen molar-refractivity contribution in [1.29, 1.82) is 5.26 Å². The number of fused-ring (bicyclic) bond motifs is 3. The quantitative estimate of drug-likeness (QED) is 0.139. The number of halogens is 6. The van der Waals surface area contributed by atoms with Crippen LogP contribution in [0.2, 0.25) is 5.02 Å². The molecule has 9 nitrogen and oxygen atoms in total. The maximum atomic E-state index is 17.2. The van der Waals surface area contributed by atoms with E-state index in [1.165, 1.54) is 12.1 Å². The van der Waals surface area contributed by atoms with Gasteiger partial charge in [-0.25, -0.2) is 8.78 Å². The van der Waals surface area contributed by atoms with Gasteiger partial charge in [-0.2, -0.15) is 28.4 Å². The summed E-state index contributed by atoms with van der Waals surface area (Å²) < 4.78 is 77.8. The van der Waals surface area contributed by atoms with E-state index in [9.17, 15) is 23.2 Å². The predicted molar refractivity (Wildman–Crippen MR) is 202 cm³/mol. The Morgan fingerprint density at radius 3 is 2.51 bits per heavy atom. The molecule has 0 atom stereocenters. The number of hydrogen-bond acceptors (Lipinski definition) is 9. The molecule has 8 rings (SSSR count). The molecule has 4 aliphatic rings. The van der Waals surface area contributed by atoms with E-state index in [-0.39, 0.29) is 71.6 Å². The van der Waals surface area contributed by atoms with Crippen molar-refractivity contribution in [3.63, 3.8) is 0 Å². The Hall–Kier alpha value is -4.26. The molecular formula is C39H39ClF5N7O2S. The number of anilines is 2. The Balaban J connectivity index is 1.17. The molecule has 2 aromatic carbocycles. The first kappa shape index (κ1) is 37.7. The number of carbonyl (C=O) groups is 1. The number of nitrogens with two attached hydrogens (primary N) is 1. The average molecular weight is 800 g/mol. The molecule has 6 heterocycles. The van der Waals surface area contributed by atoms with Crippen molar-refractivity contribution in [2.45, 2.75) is 69.5 Å². The Bertz CT molecular complexity index is 2260. The van der Waals surface area contributed by atoms with Crippen molar-refractivity contribution in [3.05, 3.63) is 52.6 Å². The van der Waals surface area contributed by atoms with Crippen LogP contribution in [0.4, 0.5) is 32.8 Å². The lowest BCUT2D eigenvalue weighted by atomic mass is 9.75. The summed E-state index contributed by atoms with van der Waals surface area (Å²) in [5.41, 5.74) is 4.79. The second kappa shape index (κ2) is 14.0. The van der Waals surface area contributed by atoms with Gasteiger partial charge in [-0.05, 0) is 75.7 Å². The fraction of sp³-hybridized carbons (Fsp3) is 0.487. The van der Waals surface area contributed by atoms with Crippen LogP contribution in [-0.4, -0.2) is 83.3 Å². The van der Waals surface area contributed by atoms with Crippen LogP contribution in [0.1, 0.15) is 63.4 Å². The number of rotatable bonds is 8. The van der Waals surface area contributed by atoms with Crippen molar-refractivity contribution < 1.29 is 31.5 Å². The van der Waals surface area contributed by atoms with Gasteiger partial charge in [0.1, 0.15) is 34.8 Å². The zero-order valence-electron chi connectivity index (χ0n) is 30.0. The molecule has 4 aromatic rings. The average Bonchev–Trinajstić information content (AvgIpc) is 3.76. The van der Waals surface area contributed by atoms with Crippen molar-refractivity contribution in [3.8, 4) is 23.2 Å². The van der Waals surface area contributed by atoms with E-state index in [0.717, 1.165) is 69.4 Å². The van der Waals surface area contributed by atoms with E-state index in [0.29, 0.717) is 44.0 Å². The Labute approximate surface area is 323 Å². The van der Waals surface area contributed by atoms with Gasteiger partial charge in [0.25, 0.3) is 0 Å². The number of likely N-dealkylation sites (tertiary alicyclic amines) is 1. The molecule has 2 N–H and O–H groups in total. The highest BCUT2D eigenvalue weighted by Crippen LogP contribution is 2.47. The molecular weight excluding hydrogens is 761 g/mol. The van der Waals surface area contributed by atoms with Gasteiger partial charge in [0.05, 0.1) is 20.8 Å². The zero-order valence-corrected chi connectivity index (χ0v) is 31.6. The second-order valence-corrected chi connectivity index (χ2v) is 16.9. The first-order chi connectivity index (χ1) is 26.2. The number of benzene rings is 2. The van der Waals surface area contributed by atoms with Gasteiger partial charge in [-0.3, -0.25) is 9.69 Å². The van der Waals surface area contributed by atoms with E-state index in [4.69, 9.17) is 27.1 Å². The van der Waals surface area contributed by atoms with Crippen molar-refractivity contribution >= 4 is 60.7 Å². The highest BCUT2D eigenvalue weighted by Gasteiger charge is 2.48. The van der Waals surface area contributed by atoms with E-state index in [2.05, 4.69) is 16.5 Å². The summed E-state index contributed by atoms with van der Waals surface area (Å²) in [6, 6.07) is 6.19. The summed E-state index contributed by atoms with van der Waals surface area (Å²) in [7, 11) is 0. The number of alkyl halides is 3. The molecule has 0 radical (unpaired) electrons. The molecule has 55 heavy (non-hydrogen) atoms. The number of nitriles is 1. The zero-order chi connectivity index (χ0) is 38.9. The number of hydrogen-bond donors (Lipinski definition) is 1. The first-order valence-electron chi connectivity index (χ1n) is 18.5. The summed E-state index contributed by atoms with van der Waals surface area (Å²) in [4.78, 5) is 28.6. The van der Waals surface area contributed by atoms with Gasteiger partial charge < -0.3 is 20.3 Å². The molecule has 4 saturated heterocycles. The minimum absolute atomic E-state index is 0.00172. The molecule has 4 aliphatic heterocycles. The highest BCUT2D eigenvalue weighted by molar-refractivity contribution is 7.23. The Kier molecular flexibility index (Phi) is 9.61. The number of nitrogens with zero attached hydrogens (tertiary/aromatic N) is 6. The lowest BCUT2D eigenvalue weighted by Crippen LogP contribution is -2.62. The minimum Gasteiger partial charge on any atom is -0.461 e. The summed E-state index contributed by atoms with van der Waals surface area (Å²) in [5.74, 6) is -1.33. The molecule has 290 valence electrons. The third kappa shape index (κ3) is 6.63. The second-order valence-electron chi connectivity index (χ2n) is 15.5. The molecule has 1 amide bonds. The summed E-state index contributed by atoms with van der Waals surface area (Å²) in [6.45, 7) is 7.15. The molecule has 0 aliphatic carbocycles. The van der Waals surface area contributed by atoms with E-state index >= 15 is 8.78 Å². The van der Waals surface area contributed by atoms with Crippen LogP contribution in [0, 0.1) is 28.4 Å². The molecule has 0 bridgehead atoms. The van der Waals surface area contributed by atoms with Gasteiger partial charge in [0.2, 0.25) is 5.91 Å². The smallest absolute Gasteiger partial charge is 0.412 e. The van der Waals surface area contributed by atoms with Crippen molar-refractivity contribution in [2.75, 3.05) is 56.5 Å². The lowest BCUT2D eigenvalue weighted by Gasteiger charge is -2.51. The lowest BCUT2D eigenvalue weighted by molar-refractivity contribution is -0.143. The van der Waals surface area contributed by atoms with E-state index in [1.807, 2.05) is 11.0 Å². The molecule has 16 heteroatoms. The molecule has 2 aromatic heterocycles. The topological polar surface area (TPSA) is 112 Å². The van der Waals surface area contributed by atoms with Gasteiger partial charge in [0, 0.05) is 59.9 Å². The third-order valence-electron chi connectivity index (χ3n) is 12.0. The summed E-state index contributed by atoms with van der Waals surface area (Å²) >= 11 is 7.83. The van der Waals surface area contributed by atoms with Gasteiger partial charge in [-0.1, -0.05) is 30.7 Å². The number of carbonyl (C=O) groups excluding carboxylic acids is 1. The van der Waals surface area contributed by atoms with Crippen LogP contribution in [0.25, 0.3) is 32.1 Å². The van der Waals surface area contributed by atoms with Crippen LogP contribution >= 0.6 is 22.9 Å². The predicted octanol–water partition coefficient (Wildman–Crippen LogP) is 8.62. The Morgan fingerprint density at radius 1 is 1.05 bits per heavy atom. The van der Waals surface area contributed by atoms with Crippen molar-refractivity contribution in [1.82, 2.24) is 19.8 Å². The normalized spacial score (nSPS) is 19.4. The monoisotopic (exact) mass is 799 g/mol. The number of ether oxygens (including phenoxy) is 1. The van der Waals surface area contributed by atoms with Crippen LogP contribution in [0.15, 0.2) is 30.4 Å². The van der Waals surface area contributed by atoms with Crippen LogP contribution < -0.4 is 15.4 Å². The number of nitrogen functional groups attached to an aromatic ring is 1. The molecule has 4 fully saturated rings. The number of allylic oxidation sites excluding steroid dienone is 1. The van der Waals surface area contributed by atoms with Crippen LogP contribution in [-0.2, 0) is 4.79 Å². The third-order valence-corrected chi connectivity index (χ3v) is 13.3. The number of aromatic nitrogens is 2. The molecule has 0 saturated carbocycles. The van der Waals surface area contributed by atoms with Gasteiger partial charge >= 0.3 is 12.2 Å². The van der Waals surface area contributed by atoms with Crippen LogP contribution in [0.5, 0.6) is 6.01 Å². The van der Waals surface area contributed by atoms with Gasteiger partial charge in [-0.15, -0.1) is 11.3 Å². The molecule has 0 unspecified atom stereocenters. The number of thiophene rings is 1. The first-order valence-corrected chi connectivity index (χ1v) is 19.7. The standard InChI is InChI=1S/C39H39ClF5N7O2S/c1-22(39(43,44)45)6-9-28(53)51-19-37(20-51)10-2-3-13-50(18-37)35-24-16-26(40)30(23-7-8-27(41)33-29(23)25(17-46)34(47)55-33)31(42)32(24)48-36(49-35)54-21-38-11-4-14-52(38)15-5-12-38/h7-8,16H,1-6,9-15,18-21,47H2. The van der Waals surface area contributed by atoms with Crippen molar-refractivity contribution in [2.24, 2.45) is 5.41 Å². The van der Waals surface area contributed by atoms with Crippen LogP contribution in [0.3, 0.4) is 0 Å². The maximum absolute atomic E-state index is 17.2. The van der Waals surface area contributed by atoms with E-state index in [1.54, 1.807) is 11.0 Å². The summed E-state index contributed by atoms with van der Waals surface area (Å²) in [5, 5.41) is 10.5. The summed E-state index contributed by atoms with van der Waals surface area (Å²) in [6.07, 6.45) is 1.20. The number of amides is 1. The fourth-order valence-corrected chi connectivity index (χ4v) is 10.4. The molecule has 1 spiro atoms.